The van der Waals surface area contributed by atoms with Crippen molar-refractivity contribution in [2.45, 2.75) is 34.1 Å². The van der Waals surface area contributed by atoms with Crippen LogP contribution in [0.5, 0.6) is 0 Å². The van der Waals surface area contributed by atoms with Gasteiger partial charge in [0, 0.05) is 18.6 Å². The Kier molecular flexibility index (Phi) is 45.6. The molecule has 0 spiro atoms. The molecule has 0 saturated heterocycles. The van der Waals surface area contributed by atoms with Crippen LogP contribution in [0.25, 0.3) is 0 Å². The predicted octanol–water partition coefficient (Wildman–Crippen LogP) is 2.96. The molecule has 0 bridgehead atoms. The Labute approximate surface area is 126 Å². The Bertz CT molecular complexity index is 130. The molecule has 103 valence electrons. The molecule has 0 aromatic rings. The summed E-state index contributed by atoms with van der Waals surface area (Å²) >= 11 is 0. The van der Waals surface area contributed by atoms with Crippen LogP contribution in [0, 0.1) is 6.08 Å². The molecule has 1 radical (unpaired) electrons. The summed E-state index contributed by atoms with van der Waals surface area (Å²) in [5, 5.41) is 6.22. The summed E-state index contributed by atoms with van der Waals surface area (Å²) in [6.45, 7) is 12.8. The summed E-state index contributed by atoms with van der Waals surface area (Å²) in [6.07, 6.45) is 10.0. The predicted molar refractivity (Wildman–Crippen MR) is 77.3 cm³/mol. The Morgan fingerprint density at radius 1 is 0.941 bits per heavy atom. The molecule has 1 aliphatic rings. The van der Waals surface area contributed by atoms with Gasteiger partial charge in [-0.15, -0.1) is 18.8 Å². The number of hydrogen-bond acceptors (Lipinski definition) is 2. The molecular weight excluding hydrogens is 271 g/mol. The third-order valence-corrected chi connectivity index (χ3v) is 1.59. The SMILES string of the molecule is CCNCC.CCNCC.Cl.[C-]1=CC=CC1.[V]. The summed E-state index contributed by atoms with van der Waals surface area (Å²) in [7, 11) is 0. The summed E-state index contributed by atoms with van der Waals surface area (Å²) in [5.41, 5.74) is 0. The van der Waals surface area contributed by atoms with Gasteiger partial charge in [-0.25, -0.2) is 12.2 Å². The quantitative estimate of drug-likeness (QED) is 0.780. The normalized spacial score (nSPS) is 10.1. The van der Waals surface area contributed by atoms with E-state index in [1.165, 1.54) is 0 Å². The van der Waals surface area contributed by atoms with Crippen LogP contribution in [-0.2, 0) is 18.6 Å². The van der Waals surface area contributed by atoms with Gasteiger partial charge in [-0.1, -0.05) is 27.7 Å². The van der Waals surface area contributed by atoms with E-state index in [1.54, 1.807) is 0 Å². The number of allylic oxidation sites excluding steroid dienone is 4. The average molecular weight is 299 g/mol. The second-order valence-corrected chi connectivity index (χ2v) is 2.92. The molecule has 0 aromatic heterocycles. The van der Waals surface area contributed by atoms with Crippen molar-refractivity contribution in [1.29, 1.82) is 0 Å². The Morgan fingerprint density at radius 3 is 1.41 bits per heavy atom. The van der Waals surface area contributed by atoms with Crippen LogP contribution in [0.4, 0.5) is 0 Å². The van der Waals surface area contributed by atoms with E-state index in [0.29, 0.717) is 0 Å². The summed E-state index contributed by atoms with van der Waals surface area (Å²) in [6, 6.07) is 0. The van der Waals surface area contributed by atoms with Gasteiger partial charge in [-0.05, 0) is 26.2 Å². The molecule has 17 heavy (non-hydrogen) atoms. The molecule has 0 aliphatic heterocycles. The maximum Gasteiger partial charge on any atom is 0 e. The topological polar surface area (TPSA) is 24.1 Å². The number of hydrogen-bond donors (Lipinski definition) is 2. The maximum absolute atomic E-state index is 3.11. The zero-order valence-corrected chi connectivity index (χ0v) is 13.8. The van der Waals surface area contributed by atoms with E-state index in [4.69, 9.17) is 0 Å². The van der Waals surface area contributed by atoms with Gasteiger partial charge in [0.1, 0.15) is 0 Å². The first-order valence-corrected chi connectivity index (χ1v) is 5.96. The van der Waals surface area contributed by atoms with Crippen molar-refractivity contribution in [1.82, 2.24) is 10.6 Å². The van der Waals surface area contributed by atoms with Gasteiger partial charge in [0.05, 0.1) is 0 Å². The number of nitrogens with one attached hydrogen (secondary N) is 2. The standard InChI is InChI=1S/C5H5.2C4H11N.ClH.V/c1-2-4-5-3-1;2*1-3-5-4-2;;/h1-3H,4H2;2*5H,3-4H2,1-2H3;1H;/q-1;;;;. The van der Waals surface area contributed by atoms with Crippen LogP contribution in [0.15, 0.2) is 18.2 Å². The molecular formula is C13H28ClN2V-. The van der Waals surface area contributed by atoms with Crippen LogP contribution < -0.4 is 10.6 Å². The number of halogens is 1. The summed E-state index contributed by atoms with van der Waals surface area (Å²) in [5.74, 6) is 0. The van der Waals surface area contributed by atoms with Gasteiger partial charge in [0.25, 0.3) is 0 Å². The number of rotatable bonds is 4. The van der Waals surface area contributed by atoms with E-state index in [0.717, 1.165) is 32.6 Å². The first-order chi connectivity index (χ1) is 7.33. The van der Waals surface area contributed by atoms with Gasteiger partial charge >= 0.3 is 0 Å². The van der Waals surface area contributed by atoms with E-state index < -0.39 is 0 Å². The van der Waals surface area contributed by atoms with Crippen LogP contribution in [-0.4, -0.2) is 26.2 Å². The fourth-order valence-electron chi connectivity index (χ4n) is 0.840. The zero-order valence-electron chi connectivity index (χ0n) is 11.6. The van der Waals surface area contributed by atoms with Crippen LogP contribution in [0.3, 0.4) is 0 Å². The van der Waals surface area contributed by atoms with E-state index in [2.05, 4.69) is 50.5 Å². The minimum Gasteiger partial charge on any atom is -0.317 e. The molecule has 0 aromatic carbocycles. The summed E-state index contributed by atoms with van der Waals surface area (Å²) in [4.78, 5) is 0. The van der Waals surface area contributed by atoms with E-state index in [-0.39, 0.29) is 31.0 Å². The van der Waals surface area contributed by atoms with Gasteiger partial charge in [-0.3, -0.25) is 6.08 Å². The first kappa shape index (κ1) is 26.0. The van der Waals surface area contributed by atoms with Crippen molar-refractivity contribution >= 4 is 12.4 Å². The molecule has 0 heterocycles. The van der Waals surface area contributed by atoms with Crippen LogP contribution >= 0.6 is 12.4 Å². The Hall–Kier alpha value is 0.274. The van der Waals surface area contributed by atoms with E-state index >= 15 is 0 Å². The van der Waals surface area contributed by atoms with E-state index in [9.17, 15) is 0 Å². The minimum atomic E-state index is 0. The van der Waals surface area contributed by atoms with Crippen molar-refractivity contribution in [3.63, 3.8) is 0 Å². The molecule has 1 aliphatic carbocycles. The van der Waals surface area contributed by atoms with Crippen molar-refractivity contribution < 1.29 is 18.6 Å². The molecule has 0 saturated carbocycles. The van der Waals surface area contributed by atoms with Gasteiger partial charge in [-0.2, -0.15) is 6.08 Å². The second-order valence-electron chi connectivity index (χ2n) is 2.92. The van der Waals surface area contributed by atoms with Crippen molar-refractivity contribution in [3.05, 3.63) is 24.3 Å². The van der Waals surface area contributed by atoms with E-state index in [1.807, 2.05) is 12.2 Å². The second kappa shape index (κ2) is 29.9. The van der Waals surface area contributed by atoms with Crippen molar-refractivity contribution in [2.24, 2.45) is 0 Å². The third-order valence-electron chi connectivity index (χ3n) is 1.59. The zero-order chi connectivity index (χ0) is 11.8. The molecule has 4 heteroatoms. The molecule has 2 nitrogen and oxygen atoms in total. The molecule has 0 amide bonds. The van der Waals surface area contributed by atoms with Gasteiger partial charge < -0.3 is 10.6 Å². The van der Waals surface area contributed by atoms with Crippen molar-refractivity contribution in [2.75, 3.05) is 26.2 Å². The van der Waals surface area contributed by atoms with Crippen LogP contribution in [0.1, 0.15) is 34.1 Å². The first-order valence-electron chi connectivity index (χ1n) is 5.96. The smallest absolute Gasteiger partial charge is 0 e. The van der Waals surface area contributed by atoms with Crippen molar-refractivity contribution in [3.8, 4) is 0 Å². The molecule has 0 atom stereocenters. The molecule has 2 N–H and O–H groups in total. The molecule has 0 fully saturated rings. The maximum atomic E-state index is 3.11. The Balaban J connectivity index is -0.0000000704. The monoisotopic (exact) mass is 298 g/mol. The van der Waals surface area contributed by atoms with Gasteiger partial charge in [0.2, 0.25) is 0 Å². The largest absolute Gasteiger partial charge is 0.317 e. The molecule has 0 unspecified atom stereocenters. The minimum absolute atomic E-state index is 0. The fourth-order valence-corrected chi connectivity index (χ4v) is 0.840. The Morgan fingerprint density at radius 2 is 1.35 bits per heavy atom. The van der Waals surface area contributed by atoms with Crippen LogP contribution in [0.2, 0.25) is 0 Å². The summed E-state index contributed by atoms with van der Waals surface area (Å²) < 4.78 is 0. The average Bonchev–Trinajstić information content (AvgIpc) is 2.79. The fraction of sp³-hybridized carbons (Fsp3) is 0.692. The van der Waals surface area contributed by atoms with Gasteiger partial charge in [0.15, 0.2) is 0 Å². The third kappa shape index (κ3) is 38.6. The molecule has 1 rings (SSSR count).